The first kappa shape index (κ1) is 13.8. The van der Waals surface area contributed by atoms with Crippen LogP contribution in [0.1, 0.15) is 5.69 Å². The molecular formula is C12H16BrN5O. The molecule has 0 radical (unpaired) electrons. The Kier molecular flexibility index (Phi) is 4.06. The minimum atomic E-state index is -0.0935. The predicted octanol–water partition coefficient (Wildman–Crippen LogP) is 1.34. The van der Waals surface area contributed by atoms with Crippen LogP contribution in [-0.4, -0.2) is 21.4 Å². The second-order valence-electron chi connectivity index (χ2n) is 4.29. The normalized spacial score (nSPS) is 10.7. The quantitative estimate of drug-likeness (QED) is 0.890. The lowest BCUT2D eigenvalue weighted by Crippen LogP contribution is -2.19. The van der Waals surface area contributed by atoms with Crippen molar-refractivity contribution in [2.45, 2.75) is 6.54 Å². The number of hydrogen-bond acceptors (Lipinski definition) is 4. The van der Waals surface area contributed by atoms with E-state index in [9.17, 15) is 4.79 Å². The summed E-state index contributed by atoms with van der Waals surface area (Å²) in [7, 11) is 5.46. The van der Waals surface area contributed by atoms with Crippen molar-refractivity contribution in [3.8, 4) is 0 Å². The first-order valence-electron chi connectivity index (χ1n) is 5.82. The third kappa shape index (κ3) is 3.05. The molecule has 2 aromatic heterocycles. The average molecular weight is 326 g/mol. The van der Waals surface area contributed by atoms with E-state index in [2.05, 4.69) is 31.7 Å². The topological polar surface area (TPSA) is 63.9 Å². The molecule has 0 saturated heterocycles. The molecule has 0 bridgehead atoms. The first-order valence-corrected chi connectivity index (χ1v) is 6.61. The van der Waals surface area contributed by atoms with E-state index in [1.54, 1.807) is 24.0 Å². The smallest absolute Gasteiger partial charge is 0.274 e. The Labute approximate surface area is 119 Å². The maximum atomic E-state index is 12.0. The van der Waals surface area contributed by atoms with Gasteiger partial charge in [-0.3, -0.25) is 9.48 Å². The van der Waals surface area contributed by atoms with Crippen LogP contribution in [0, 0.1) is 0 Å². The average Bonchev–Trinajstić information content (AvgIpc) is 2.67. The number of aromatic nitrogens is 3. The number of hydrogen-bond donors (Lipinski definition) is 2. The Bertz CT molecular complexity index is 646. The van der Waals surface area contributed by atoms with Crippen LogP contribution < -0.4 is 16.2 Å². The minimum Gasteiger partial charge on any atom is -0.334 e. The van der Waals surface area contributed by atoms with E-state index in [1.807, 2.05) is 20.2 Å². The Morgan fingerprint density at radius 1 is 1.37 bits per heavy atom. The van der Waals surface area contributed by atoms with Crippen LogP contribution in [0.5, 0.6) is 0 Å². The molecule has 0 saturated carbocycles. The molecule has 2 heterocycles. The van der Waals surface area contributed by atoms with Crippen molar-refractivity contribution in [3.05, 3.63) is 38.9 Å². The molecule has 2 aromatic rings. The molecule has 102 valence electrons. The fourth-order valence-corrected chi connectivity index (χ4v) is 2.35. The summed E-state index contributed by atoms with van der Waals surface area (Å²) in [6.45, 7) is 0.724. The largest absolute Gasteiger partial charge is 0.334 e. The second kappa shape index (κ2) is 5.58. The maximum Gasteiger partial charge on any atom is 0.274 e. The summed E-state index contributed by atoms with van der Waals surface area (Å²) in [4.78, 5) is 12.0. The number of aryl methyl sites for hydroxylation is 2. The molecule has 0 spiro atoms. The van der Waals surface area contributed by atoms with E-state index in [4.69, 9.17) is 0 Å². The number of pyridine rings is 1. The van der Waals surface area contributed by atoms with Gasteiger partial charge >= 0.3 is 0 Å². The molecule has 0 aliphatic heterocycles. The van der Waals surface area contributed by atoms with Gasteiger partial charge in [-0.05, 0) is 29.0 Å². The summed E-state index contributed by atoms with van der Waals surface area (Å²) < 4.78 is 4.13. The molecule has 0 fully saturated rings. The highest BCUT2D eigenvalue weighted by Crippen LogP contribution is 2.16. The molecule has 2 rings (SSSR count). The number of nitrogens with one attached hydrogen (secondary N) is 2. The Balaban J connectivity index is 2.31. The highest BCUT2D eigenvalue weighted by molar-refractivity contribution is 9.10. The van der Waals surface area contributed by atoms with E-state index in [0.717, 1.165) is 16.7 Å². The van der Waals surface area contributed by atoms with Crippen molar-refractivity contribution in [1.29, 1.82) is 0 Å². The van der Waals surface area contributed by atoms with Crippen LogP contribution in [-0.2, 0) is 20.6 Å². The van der Waals surface area contributed by atoms with Crippen LogP contribution in [0.25, 0.3) is 0 Å². The van der Waals surface area contributed by atoms with E-state index in [-0.39, 0.29) is 5.56 Å². The van der Waals surface area contributed by atoms with Gasteiger partial charge in [-0.1, -0.05) is 0 Å². The number of rotatable bonds is 4. The molecule has 0 aliphatic rings. The first-order chi connectivity index (χ1) is 9.01. The lowest BCUT2D eigenvalue weighted by Gasteiger charge is -2.05. The summed E-state index contributed by atoms with van der Waals surface area (Å²) in [5.74, 6) is 0.656. The van der Waals surface area contributed by atoms with Crippen LogP contribution in [0.4, 0.5) is 11.5 Å². The van der Waals surface area contributed by atoms with Gasteiger partial charge < -0.3 is 15.2 Å². The highest BCUT2D eigenvalue weighted by atomic mass is 79.9. The number of nitrogens with zero attached hydrogens (tertiary/aromatic N) is 3. The zero-order valence-electron chi connectivity index (χ0n) is 11.1. The van der Waals surface area contributed by atoms with Crippen LogP contribution in [0.15, 0.2) is 27.6 Å². The molecule has 0 atom stereocenters. The third-order valence-electron chi connectivity index (χ3n) is 2.75. The van der Waals surface area contributed by atoms with E-state index < -0.39 is 0 Å². The number of halogens is 1. The Morgan fingerprint density at radius 3 is 2.79 bits per heavy atom. The van der Waals surface area contributed by atoms with Gasteiger partial charge in [0.25, 0.3) is 5.56 Å². The summed E-state index contributed by atoms with van der Waals surface area (Å²) in [6.07, 6.45) is 1.72. The molecule has 0 aliphatic carbocycles. The van der Waals surface area contributed by atoms with Gasteiger partial charge in [0.05, 0.1) is 5.69 Å². The van der Waals surface area contributed by atoms with Crippen molar-refractivity contribution >= 4 is 27.4 Å². The van der Waals surface area contributed by atoms with Crippen LogP contribution in [0.3, 0.4) is 0 Å². The zero-order chi connectivity index (χ0) is 14.0. The van der Waals surface area contributed by atoms with Crippen molar-refractivity contribution in [2.24, 2.45) is 14.1 Å². The summed E-state index contributed by atoms with van der Waals surface area (Å²) in [5.41, 5.74) is 1.44. The van der Waals surface area contributed by atoms with E-state index in [1.165, 1.54) is 4.57 Å². The van der Waals surface area contributed by atoms with E-state index in [0.29, 0.717) is 11.5 Å². The van der Waals surface area contributed by atoms with Gasteiger partial charge in [-0.25, -0.2) is 0 Å². The molecule has 6 nitrogen and oxygen atoms in total. The molecule has 7 heteroatoms. The van der Waals surface area contributed by atoms with Crippen molar-refractivity contribution in [3.63, 3.8) is 0 Å². The van der Waals surface area contributed by atoms with Crippen molar-refractivity contribution in [2.75, 3.05) is 12.4 Å². The van der Waals surface area contributed by atoms with Gasteiger partial charge in [0, 0.05) is 37.4 Å². The number of anilines is 2. The summed E-state index contributed by atoms with van der Waals surface area (Å²) in [6, 6.07) is 3.66. The van der Waals surface area contributed by atoms with Gasteiger partial charge in [-0.2, -0.15) is 5.10 Å². The summed E-state index contributed by atoms with van der Waals surface area (Å²) >= 11 is 3.37. The molecule has 19 heavy (non-hydrogen) atoms. The molecule has 0 aromatic carbocycles. The standard InChI is InChI=1S/C12H16BrN5O/c1-14-6-9-5-11(16-18(9)3)15-10-4-8(13)7-17(2)12(10)19/h4-5,7,14H,6H2,1-3H3,(H,15,16). The Hall–Kier alpha value is -1.60. The van der Waals surface area contributed by atoms with Gasteiger partial charge in [0.15, 0.2) is 5.82 Å². The summed E-state index contributed by atoms with van der Waals surface area (Å²) in [5, 5.41) is 10.4. The van der Waals surface area contributed by atoms with Crippen molar-refractivity contribution < 1.29 is 0 Å². The highest BCUT2D eigenvalue weighted by Gasteiger charge is 2.08. The van der Waals surface area contributed by atoms with Gasteiger partial charge in [0.1, 0.15) is 5.69 Å². The molecule has 0 amide bonds. The third-order valence-corrected chi connectivity index (χ3v) is 3.18. The molecule has 0 unspecified atom stereocenters. The van der Waals surface area contributed by atoms with Crippen LogP contribution in [0.2, 0.25) is 0 Å². The monoisotopic (exact) mass is 325 g/mol. The van der Waals surface area contributed by atoms with Gasteiger partial charge in [0.2, 0.25) is 0 Å². The van der Waals surface area contributed by atoms with E-state index >= 15 is 0 Å². The SMILES string of the molecule is CNCc1cc(Nc2cc(Br)cn(C)c2=O)nn1C. The predicted molar refractivity (Wildman–Crippen MR) is 78.6 cm³/mol. The Morgan fingerprint density at radius 2 is 2.11 bits per heavy atom. The molecular weight excluding hydrogens is 310 g/mol. The fourth-order valence-electron chi connectivity index (χ4n) is 1.81. The maximum absolute atomic E-state index is 12.0. The fraction of sp³-hybridized carbons (Fsp3) is 0.333. The minimum absolute atomic E-state index is 0.0935. The zero-order valence-corrected chi connectivity index (χ0v) is 12.7. The van der Waals surface area contributed by atoms with Crippen LogP contribution >= 0.6 is 15.9 Å². The lowest BCUT2D eigenvalue weighted by atomic mass is 10.3. The van der Waals surface area contributed by atoms with Crippen molar-refractivity contribution in [1.82, 2.24) is 19.7 Å². The lowest BCUT2D eigenvalue weighted by molar-refractivity contribution is 0.673. The van der Waals surface area contributed by atoms with Gasteiger partial charge in [-0.15, -0.1) is 0 Å². The molecule has 2 N–H and O–H groups in total. The second-order valence-corrected chi connectivity index (χ2v) is 5.20.